The maximum atomic E-state index is 11.5. The summed E-state index contributed by atoms with van der Waals surface area (Å²) in [5.74, 6) is 0.752. The van der Waals surface area contributed by atoms with Crippen LogP contribution in [-0.2, 0) is 13.0 Å². The van der Waals surface area contributed by atoms with E-state index >= 15 is 0 Å². The average Bonchev–Trinajstić information content (AvgIpc) is 2.73. The maximum Gasteiger partial charge on any atom is 0.307 e. The van der Waals surface area contributed by atoms with E-state index in [-0.39, 0.29) is 4.87 Å². The molecule has 5 heteroatoms. The Morgan fingerprint density at radius 2 is 2.11 bits per heavy atom. The second-order valence-corrected chi connectivity index (χ2v) is 4.94. The van der Waals surface area contributed by atoms with Crippen molar-refractivity contribution in [3.8, 4) is 11.8 Å². The molecule has 1 heterocycles. The minimum atomic E-state index is 0.0467. The van der Waals surface area contributed by atoms with Gasteiger partial charge in [0.1, 0.15) is 12.4 Å². The molecule has 0 fully saturated rings. The highest BCUT2D eigenvalue weighted by atomic mass is 32.1. The van der Waals surface area contributed by atoms with Crippen LogP contribution in [0.2, 0.25) is 0 Å². The van der Waals surface area contributed by atoms with Crippen molar-refractivity contribution in [1.82, 2.24) is 4.57 Å². The van der Waals surface area contributed by atoms with Crippen LogP contribution >= 0.6 is 11.3 Å². The molecular formula is C14H14N2O2S. The van der Waals surface area contributed by atoms with Crippen molar-refractivity contribution in [1.29, 1.82) is 5.26 Å². The first-order valence-corrected chi connectivity index (χ1v) is 6.82. The fraction of sp³-hybridized carbons (Fsp3) is 0.286. The molecule has 4 nitrogen and oxygen atoms in total. The molecule has 0 unspecified atom stereocenters. The van der Waals surface area contributed by atoms with Crippen molar-refractivity contribution in [2.75, 3.05) is 6.61 Å². The topological polar surface area (TPSA) is 55.0 Å². The smallest absolute Gasteiger partial charge is 0.307 e. The van der Waals surface area contributed by atoms with Gasteiger partial charge in [-0.1, -0.05) is 23.5 Å². The van der Waals surface area contributed by atoms with Gasteiger partial charge in [0, 0.05) is 11.1 Å². The molecule has 0 spiro atoms. The second kappa shape index (κ2) is 6.21. The molecule has 2 aromatic rings. The molecular weight excluding hydrogens is 260 g/mol. The SMILES string of the molecule is Cc1csc(=O)n1CCOc1ccc(CC#N)cc1. The zero-order valence-corrected chi connectivity index (χ0v) is 11.4. The monoisotopic (exact) mass is 274 g/mol. The quantitative estimate of drug-likeness (QED) is 0.841. The van der Waals surface area contributed by atoms with Gasteiger partial charge in [0.05, 0.1) is 19.0 Å². The predicted octanol–water partition coefficient (Wildman–Crippen LogP) is 2.36. The molecule has 0 amide bonds. The van der Waals surface area contributed by atoms with E-state index in [0.29, 0.717) is 19.6 Å². The van der Waals surface area contributed by atoms with E-state index < -0.39 is 0 Å². The fourth-order valence-corrected chi connectivity index (χ4v) is 2.49. The third kappa shape index (κ3) is 3.46. The van der Waals surface area contributed by atoms with Gasteiger partial charge < -0.3 is 4.74 Å². The van der Waals surface area contributed by atoms with E-state index in [2.05, 4.69) is 6.07 Å². The minimum absolute atomic E-state index is 0.0467. The van der Waals surface area contributed by atoms with Crippen LogP contribution in [0, 0.1) is 18.3 Å². The minimum Gasteiger partial charge on any atom is -0.492 e. The van der Waals surface area contributed by atoms with Crippen LogP contribution in [0.25, 0.3) is 0 Å². The lowest BCUT2D eigenvalue weighted by Gasteiger charge is -2.08. The normalized spacial score (nSPS) is 10.1. The summed E-state index contributed by atoms with van der Waals surface area (Å²) in [6, 6.07) is 9.54. The van der Waals surface area contributed by atoms with E-state index in [4.69, 9.17) is 10.00 Å². The zero-order chi connectivity index (χ0) is 13.7. The number of nitrogens with zero attached hydrogens (tertiary/aromatic N) is 2. The van der Waals surface area contributed by atoms with Gasteiger partial charge in [-0.05, 0) is 24.6 Å². The van der Waals surface area contributed by atoms with Crippen molar-refractivity contribution >= 4 is 11.3 Å². The molecule has 0 saturated heterocycles. The van der Waals surface area contributed by atoms with E-state index in [9.17, 15) is 4.79 Å². The molecule has 0 N–H and O–H groups in total. The number of rotatable bonds is 5. The first kappa shape index (κ1) is 13.4. The Bertz CT molecular complexity index is 635. The van der Waals surface area contributed by atoms with Gasteiger partial charge in [0.15, 0.2) is 0 Å². The number of aromatic nitrogens is 1. The van der Waals surface area contributed by atoms with E-state index in [1.54, 1.807) is 4.57 Å². The number of hydrogen-bond acceptors (Lipinski definition) is 4. The fourth-order valence-electron chi connectivity index (χ4n) is 1.72. The summed E-state index contributed by atoms with van der Waals surface area (Å²) in [6.45, 7) is 2.91. The summed E-state index contributed by atoms with van der Waals surface area (Å²) < 4.78 is 7.29. The molecule has 1 aromatic heterocycles. The zero-order valence-electron chi connectivity index (χ0n) is 10.6. The number of thiazole rings is 1. The highest BCUT2D eigenvalue weighted by Gasteiger charge is 2.02. The molecule has 0 aliphatic heterocycles. The number of aryl methyl sites for hydroxylation is 1. The number of ether oxygens (including phenoxy) is 1. The van der Waals surface area contributed by atoms with Crippen LogP contribution < -0.4 is 9.61 Å². The van der Waals surface area contributed by atoms with Crippen LogP contribution in [0.4, 0.5) is 0 Å². The molecule has 0 aliphatic rings. The molecule has 0 atom stereocenters. The summed E-state index contributed by atoms with van der Waals surface area (Å²) >= 11 is 1.21. The first-order valence-electron chi connectivity index (χ1n) is 5.94. The molecule has 1 aromatic carbocycles. The van der Waals surface area contributed by atoms with Crippen LogP contribution in [0.3, 0.4) is 0 Å². The third-order valence-electron chi connectivity index (χ3n) is 2.77. The third-order valence-corrected chi connectivity index (χ3v) is 3.65. The largest absolute Gasteiger partial charge is 0.492 e. The summed E-state index contributed by atoms with van der Waals surface area (Å²) in [5, 5.41) is 10.4. The molecule has 0 radical (unpaired) electrons. The predicted molar refractivity (Wildman–Crippen MR) is 74.6 cm³/mol. The lowest BCUT2D eigenvalue weighted by molar-refractivity contribution is 0.296. The van der Waals surface area contributed by atoms with Crippen molar-refractivity contribution < 1.29 is 4.74 Å². The Labute approximate surface area is 115 Å². The molecule has 0 bridgehead atoms. The van der Waals surface area contributed by atoms with Crippen LogP contribution in [0.1, 0.15) is 11.3 Å². The summed E-state index contributed by atoms with van der Waals surface area (Å²) in [5.41, 5.74) is 1.93. The second-order valence-electron chi connectivity index (χ2n) is 4.12. The average molecular weight is 274 g/mol. The summed E-state index contributed by atoms with van der Waals surface area (Å²) in [6.07, 6.45) is 0.407. The van der Waals surface area contributed by atoms with Crippen molar-refractivity contribution in [3.63, 3.8) is 0 Å². The van der Waals surface area contributed by atoms with Crippen molar-refractivity contribution in [2.24, 2.45) is 0 Å². The van der Waals surface area contributed by atoms with Gasteiger partial charge in [-0.15, -0.1) is 0 Å². The van der Waals surface area contributed by atoms with Gasteiger partial charge in [0.2, 0.25) is 0 Å². The highest BCUT2D eigenvalue weighted by molar-refractivity contribution is 7.07. The Morgan fingerprint density at radius 3 is 2.68 bits per heavy atom. The molecule has 2 rings (SSSR count). The van der Waals surface area contributed by atoms with Crippen LogP contribution in [0.15, 0.2) is 34.4 Å². The molecule has 19 heavy (non-hydrogen) atoms. The van der Waals surface area contributed by atoms with Crippen molar-refractivity contribution in [3.05, 3.63) is 50.6 Å². The van der Waals surface area contributed by atoms with Gasteiger partial charge >= 0.3 is 4.87 Å². The maximum absolute atomic E-state index is 11.5. The molecule has 98 valence electrons. The molecule has 0 aliphatic carbocycles. The number of hydrogen-bond donors (Lipinski definition) is 0. The highest BCUT2D eigenvalue weighted by Crippen LogP contribution is 2.12. The van der Waals surface area contributed by atoms with Crippen LogP contribution in [0.5, 0.6) is 5.75 Å². The summed E-state index contributed by atoms with van der Waals surface area (Å²) in [7, 11) is 0. The standard InChI is InChI=1S/C14H14N2O2S/c1-11-10-19-14(17)16(11)8-9-18-13-4-2-12(3-5-13)6-7-15/h2-5,10H,6,8-9H2,1H3. The van der Waals surface area contributed by atoms with Gasteiger partial charge in [-0.2, -0.15) is 5.26 Å². The van der Waals surface area contributed by atoms with E-state index in [1.807, 2.05) is 36.6 Å². The Kier molecular flexibility index (Phi) is 4.37. The Hall–Kier alpha value is -2.06. The van der Waals surface area contributed by atoms with Gasteiger partial charge in [-0.25, -0.2) is 0 Å². The number of benzene rings is 1. The Morgan fingerprint density at radius 1 is 1.37 bits per heavy atom. The lowest BCUT2D eigenvalue weighted by atomic mass is 10.2. The van der Waals surface area contributed by atoms with Gasteiger partial charge in [0.25, 0.3) is 0 Å². The Balaban J connectivity index is 1.89. The number of nitriles is 1. The lowest BCUT2D eigenvalue weighted by Crippen LogP contribution is -2.18. The van der Waals surface area contributed by atoms with E-state index in [1.165, 1.54) is 11.3 Å². The first-order chi connectivity index (χ1) is 9.20. The van der Waals surface area contributed by atoms with Crippen molar-refractivity contribution in [2.45, 2.75) is 19.9 Å². The van der Waals surface area contributed by atoms with Gasteiger partial charge in [-0.3, -0.25) is 9.36 Å². The summed E-state index contributed by atoms with van der Waals surface area (Å²) in [4.78, 5) is 11.5. The van der Waals surface area contributed by atoms with Crippen LogP contribution in [-0.4, -0.2) is 11.2 Å². The molecule has 0 saturated carbocycles. The van der Waals surface area contributed by atoms with E-state index in [0.717, 1.165) is 17.0 Å².